The third kappa shape index (κ3) is 7.02. The number of hydrogen-bond acceptors (Lipinski definition) is 3. The van der Waals surface area contributed by atoms with Gasteiger partial charge in [-0.2, -0.15) is 0 Å². The monoisotopic (exact) mass is 661 g/mol. The van der Waals surface area contributed by atoms with Gasteiger partial charge in [-0.1, -0.05) is 103 Å². The second kappa shape index (κ2) is 15.3. The fourth-order valence-electron chi connectivity index (χ4n) is 9.22. The van der Waals surface area contributed by atoms with E-state index in [2.05, 4.69) is 138 Å². The van der Waals surface area contributed by atoms with Crippen LogP contribution < -0.4 is 5.32 Å². The van der Waals surface area contributed by atoms with Crippen LogP contribution in [0.25, 0.3) is 0 Å². The van der Waals surface area contributed by atoms with Crippen molar-refractivity contribution in [3.05, 3.63) is 166 Å². The molecule has 2 aliphatic heterocycles. The van der Waals surface area contributed by atoms with Gasteiger partial charge < -0.3 is 15.1 Å². The predicted octanol–water partition coefficient (Wildman–Crippen LogP) is 11.1. The summed E-state index contributed by atoms with van der Waals surface area (Å²) in [5.41, 5.74) is 13.1. The molecule has 50 heavy (non-hydrogen) atoms. The highest BCUT2D eigenvalue weighted by Crippen LogP contribution is 2.42. The lowest BCUT2D eigenvalue weighted by atomic mass is 9.78. The van der Waals surface area contributed by atoms with E-state index in [1.54, 1.807) is 5.57 Å². The van der Waals surface area contributed by atoms with Crippen LogP contribution in [0.4, 0.5) is 0 Å². The van der Waals surface area contributed by atoms with Crippen LogP contribution in [0.1, 0.15) is 90.4 Å². The molecule has 0 radical (unpaired) electrons. The molecule has 4 atom stereocenters. The van der Waals surface area contributed by atoms with Gasteiger partial charge in [-0.25, -0.2) is 0 Å². The van der Waals surface area contributed by atoms with E-state index in [4.69, 9.17) is 0 Å². The van der Waals surface area contributed by atoms with Crippen LogP contribution in [-0.2, 0) is 0 Å². The third-order valence-corrected chi connectivity index (χ3v) is 11.9. The van der Waals surface area contributed by atoms with Crippen molar-refractivity contribution < 1.29 is 0 Å². The van der Waals surface area contributed by atoms with Crippen molar-refractivity contribution in [2.24, 2.45) is 5.92 Å². The van der Waals surface area contributed by atoms with Gasteiger partial charge in [-0.15, -0.1) is 0 Å². The van der Waals surface area contributed by atoms with E-state index in [1.807, 2.05) is 0 Å². The minimum Gasteiger partial charge on any atom is -0.381 e. The maximum atomic E-state index is 3.50. The van der Waals surface area contributed by atoms with E-state index >= 15 is 0 Å². The zero-order valence-corrected chi connectivity index (χ0v) is 30.1. The lowest BCUT2D eigenvalue weighted by Gasteiger charge is -2.43. The van der Waals surface area contributed by atoms with Crippen LogP contribution in [-0.4, -0.2) is 34.5 Å². The Morgan fingerprint density at radius 1 is 0.780 bits per heavy atom. The molecule has 0 spiro atoms. The summed E-state index contributed by atoms with van der Waals surface area (Å²) >= 11 is 0. The van der Waals surface area contributed by atoms with E-state index in [0.29, 0.717) is 18.0 Å². The summed E-state index contributed by atoms with van der Waals surface area (Å²) in [6.07, 6.45) is 60.9. The highest BCUT2D eigenvalue weighted by molar-refractivity contribution is 5.55. The molecule has 0 bridgehead atoms. The first kappa shape index (κ1) is 32.9. The molecule has 0 fully saturated rings. The molecule has 0 aromatic rings. The van der Waals surface area contributed by atoms with E-state index < -0.39 is 0 Å². The van der Waals surface area contributed by atoms with E-state index in [9.17, 15) is 0 Å². The van der Waals surface area contributed by atoms with Crippen LogP contribution in [0.2, 0.25) is 0 Å². The molecule has 2 heterocycles. The van der Waals surface area contributed by atoms with Crippen LogP contribution in [0.5, 0.6) is 0 Å². The molecule has 4 unspecified atom stereocenters. The minimum absolute atomic E-state index is 0.270. The van der Waals surface area contributed by atoms with Crippen molar-refractivity contribution in [1.82, 2.24) is 15.1 Å². The SMILES string of the molecule is C/C1=C(N(C2=CCCCC2)C2C=C(C3=CCCC=C3)C=C(C3CC=CCC3)C2)\C=C/CN(C2C=CC(C3C=CC=CN3)=CC2)C2=CCCC=C21. The molecule has 0 saturated carbocycles. The van der Waals surface area contributed by atoms with E-state index in [-0.39, 0.29) is 6.04 Å². The molecule has 1 N–H and O–H groups in total. The molecule has 6 aliphatic carbocycles. The summed E-state index contributed by atoms with van der Waals surface area (Å²) in [5, 5.41) is 3.50. The molecule has 3 nitrogen and oxygen atoms in total. The quantitative estimate of drug-likeness (QED) is 0.274. The van der Waals surface area contributed by atoms with E-state index in [1.165, 1.54) is 83.5 Å². The van der Waals surface area contributed by atoms with E-state index in [0.717, 1.165) is 51.5 Å². The molecule has 8 rings (SSSR count). The Bertz CT molecular complexity index is 1770. The Balaban J connectivity index is 1.14. The number of nitrogens with one attached hydrogen (secondary N) is 1. The predicted molar refractivity (Wildman–Crippen MR) is 211 cm³/mol. The number of fused-ring (bicyclic) bond motifs is 1. The highest BCUT2D eigenvalue weighted by atomic mass is 15.2. The van der Waals surface area contributed by atoms with Crippen LogP contribution in [0.3, 0.4) is 0 Å². The molecule has 3 heteroatoms. The van der Waals surface area contributed by atoms with Crippen LogP contribution in [0, 0.1) is 5.92 Å². The summed E-state index contributed by atoms with van der Waals surface area (Å²) in [6, 6.07) is 0.926. The number of nitrogens with zero attached hydrogens (tertiary/aromatic N) is 2. The number of rotatable bonds is 7. The Morgan fingerprint density at radius 2 is 1.72 bits per heavy atom. The van der Waals surface area contributed by atoms with Gasteiger partial charge >= 0.3 is 0 Å². The summed E-state index contributed by atoms with van der Waals surface area (Å²) in [4.78, 5) is 5.47. The molecule has 258 valence electrons. The standard InChI is InChI=1S/C47H55N3/c1-35-44-22-11-12-24-47(44)49(41-28-26-38(27-29-41)45-23-13-14-30-48-45)31-15-25-46(35)50(42-20-9-4-10-21-42)43-33-39(36-16-5-2-6-17-36)32-40(34-43)37-18-7-3-8-19-37/h2,5,7,13-15,18-20,22-28,30,32,34,36,41,43,45,48H,3-4,6,8-12,16-17,21,29,31,33H2,1H3/b25-15-,46-35-. The molecule has 8 aliphatic rings. The van der Waals surface area contributed by atoms with Gasteiger partial charge in [0.15, 0.2) is 0 Å². The molecule has 0 amide bonds. The topological polar surface area (TPSA) is 18.5 Å². The van der Waals surface area contributed by atoms with Crippen molar-refractivity contribution in [3.8, 4) is 0 Å². The van der Waals surface area contributed by atoms with Gasteiger partial charge in [-0.05, 0) is 143 Å². The van der Waals surface area contributed by atoms with Gasteiger partial charge in [0.25, 0.3) is 0 Å². The molecule has 0 saturated heterocycles. The second-order valence-corrected chi connectivity index (χ2v) is 15.1. The fourth-order valence-corrected chi connectivity index (χ4v) is 9.22. The first-order valence-electron chi connectivity index (χ1n) is 19.7. The highest BCUT2D eigenvalue weighted by Gasteiger charge is 2.33. The van der Waals surface area contributed by atoms with Gasteiger partial charge in [0.05, 0.1) is 18.1 Å². The summed E-state index contributed by atoms with van der Waals surface area (Å²) in [7, 11) is 0. The summed E-state index contributed by atoms with van der Waals surface area (Å²) < 4.78 is 0. The van der Waals surface area contributed by atoms with Gasteiger partial charge in [-0.3, -0.25) is 0 Å². The van der Waals surface area contributed by atoms with Crippen molar-refractivity contribution in [1.29, 1.82) is 0 Å². The number of hydrogen-bond donors (Lipinski definition) is 1. The Labute approximate surface area is 301 Å². The lowest BCUT2D eigenvalue weighted by molar-refractivity contribution is 0.314. The van der Waals surface area contributed by atoms with Crippen LogP contribution >= 0.6 is 0 Å². The smallest absolute Gasteiger partial charge is 0.0692 e. The molecule has 0 aromatic heterocycles. The Morgan fingerprint density at radius 3 is 2.50 bits per heavy atom. The molecule has 0 aromatic carbocycles. The number of dihydropyridines is 1. The van der Waals surface area contributed by atoms with Crippen molar-refractivity contribution in [2.45, 2.75) is 109 Å². The minimum atomic E-state index is 0.270. The third-order valence-electron chi connectivity index (χ3n) is 11.9. The van der Waals surface area contributed by atoms with Crippen molar-refractivity contribution in [3.63, 3.8) is 0 Å². The average Bonchev–Trinajstić information content (AvgIpc) is 3.19. The molecular formula is C47H55N3. The number of allylic oxidation sites excluding steroid dienone is 16. The van der Waals surface area contributed by atoms with Gasteiger partial charge in [0.2, 0.25) is 0 Å². The molecular weight excluding hydrogens is 607 g/mol. The normalized spacial score (nSPS) is 31.5. The first-order valence-corrected chi connectivity index (χ1v) is 19.7. The van der Waals surface area contributed by atoms with Crippen molar-refractivity contribution in [2.75, 3.05) is 6.54 Å². The second-order valence-electron chi connectivity index (χ2n) is 15.1. The van der Waals surface area contributed by atoms with Crippen molar-refractivity contribution >= 4 is 0 Å². The zero-order valence-electron chi connectivity index (χ0n) is 30.1. The Hall–Kier alpha value is -4.24. The maximum Gasteiger partial charge on any atom is 0.0692 e. The summed E-state index contributed by atoms with van der Waals surface area (Å²) in [5.74, 6) is 0.646. The summed E-state index contributed by atoms with van der Waals surface area (Å²) in [6.45, 7) is 3.33. The maximum absolute atomic E-state index is 3.50. The van der Waals surface area contributed by atoms with Crippen LogP contribution in [0.15, 0.2) is 166 Å². The Kier molecular flexibility index (Phi) is 10.1. The average molecular weight is 662 g/mol. The largest absolute Gasteiger partial charge is 0.381 e. The van der Waals surface area contributed by atoms with Gasteiger partial charge in [0.1, 0.15) is 0 Å². The van der Waals surface area contributed by atoms with Gasteiger partial charge in [0, 0.05) is 23.6 Å². The lowest BCUT2D eigenvalue weighted by Crippen LogP contribution is -2.39. The first-order chi connectivity index (χ1) is 24.7. The fraction of sp³-hybridized carbons (Fsp3) is 0.404. The zero-order chi connectivity index (χ0) is 33.7.